The number of nitro groups is 1. The Balaban J connectivity index is 1.44. The van der Waals surface area contributed by atoms with Crippen LogP contribution in [0.3, 0.4) is 0 Å². The van der Waals surface area contributed by atoms with Gasteiger partial charge in [0.05, 0.1) is 39.0 Å². The molecule has 1 aliphatic rings. The van der Waals surface area contributed by atoms with Crippen molar-refractivity contribution in [2.45, 2.75) is 38.1 Å². The zero-order chi connectivity index (χ0) is 29.5. The minimum absolute atomic E-state index is 0.00881. The first-order valence-corrected chi connectivity index (χ1v) is 13.3. The van der Waals surface area contributed by atoms with Crippen LogP contribution >= 0.6 is 0 Å². The van der Waals surface area contributed by atoms with Gasteiger partial charge in [-0.1, -0.05) is 0 Å². The van der Waals surface area contributed by atoms with Crippen molar-refractivity contribution in [3.8, 4) is 0 Å². The maximum atomic E-state index is 14.1. The number of anilines is 1. The number of carbonyl (C=O) groups is 1. The third-order valence-corrected chi connectivity index (χ3v) is 8.66. The number of nitrogens with zero attached hydrogens (tertiary/aromatic N) is 4. The summed E-state index contributed by atoms with van der Waals surface area (Å²) >= 11 is 0. The minimum atomic E-state index is -3.94. The first-order chi connectivity index (χ1) is 18.7. The number of aryl methyl sites for hydroxylation is 1. The number of hydrogen-bond donors (Lipinski definition) is 1. The van der Waals surface area contributed by atoms with Crippen molar-refractivity contribution in [3.63, 3.8) is 0 Å². The highest BCUT2D eigenvalue weighted by atomic mass is 32.2. The van der Waals surface area contributed by atoms with Crippen molar-refractivity contribution in [1.82, 2.24) is 14.1 Å². The fourth-order valence-electron chi connectivity index (χ4n) is 4.44. The van der Waals surface area contributed by atoms with Gasteiger partial charge in [0.15, 0.2) is 23.3 Å². The van der Waals surface area contributed by atoms with Crippen LogP contribution in [-0.2, 0) is 21.4 Å². The van der Waals surface area contributed by atoms with Gasteiger partial charge in [0.25, 0.3) is 5.69 Å². The van der Waals surface area contributed by atoms with Gasteiger partial charge in [-0.2, -0.15) is 9.40 Å². The Labute approximate surface area is 224 Å². The normalized spacial score (nSPS) is 14.9. The molecule has 1 aromatic heterocycles. The Morgan fingerprint density at radius 3 is 2.05 bits per heavy atom. The summed E-state index contributed by atoms with van der Waals surface area (Å²) < 4.78 is 96.9. The maximum absolute atomic E-state index is 14.1. The number of aromatic nitrogens is 2. The van der Waals surface area contributed by atoms with E-state index in [0.717, 1.165) is 28.9 Å². The lowest BCUT2D eigenvalue weighted by Crippen LogP contribution is -2.41. The van der Waals surface area contributed by atoms with Crippen molar-refractivity contribution < 1.29 is 40.1 Å². The summed E-state index contributed by atoms with van der Waals surface area (Å²) in [6.07, 6.45) is 0.323. The molecule has 0 spiro atoms. The van der Waals surface area contributed by atoms with Crippen molar-refractivity contribution in [2.75, 3.05) is 18.4 Å². The van der Waals surface area contributed by atoms with E-state index in [1.165, 1.54) is 18.2 Å². The highest BCUT2D eigenvalue weighted by Gasteiger charge is 2.33. The van der Waals surface area contributed by atoms with Crippen LogP contribution in [0, 0.1) is 59.0 Å². The second-order valence-corrected chi connectivity index (χ2v) is 11.1. The molecule has 2 aromatic carbocycles. The van der Waals surface area contributed by atoms with Gasteiger partial charge >= 0.3 is 0 Å². The van der Waals surface area contributed by atoms with Gasteiger partial charge in [0, 0.05) is 31.1 Å². The van der Waals surface area contributed by atoms with Gasteiger partial charge in [-0.15, -0.1) is 0 Å². The molecule has 0 radical (unpaired) electrons. The van der Waals surface area contributed by atoms with Crippen LogP contribution in [0.25, 0.3) is 0 Å². The van der Waals surface area contributed by atoms with Crippen LogP contribution in [-0.4, -0.2) is 46.4 Å². The molecular formula is C24H22F5N5O5S. The molecule has 4 rings (SSSR count). The lowest BCUT2D eigenvalue weighted by Gasteiger charge is -2.30. The molecule has 0 unspecified atom stereocenters. The number of sulfonamides is 1. The summed E-state index contributed by atoms with van der Waals surface area (Å²) in [4.78, 5) is 23.0. The Kier molecular flexibility index (Phi) is 7.94. The predicted molar refractivity (Wildman–Crippen MR) is 130 cm³/mol. The number of nitro benzene ring substituents is 1. The van der Waals surface area contributed by atoms with Crippen LogP contribution in [0.4, 0.5) is 33.3 Å². The number of carbonyl (C=O) groups excluding carboxylic acids is 1. The number of piperidine rings is 1. The fourth-order valence-corrected chi connectivity index (χ4v) is 5.91. The first-order valence-electron chi connectivity index (χ1n) is 11.8. The number of rotatable bonds is 7. The molecule has 0 bridgehead atoms. The smallest absolute Gasteiger partial charge is 0.269 e. The molecule has 16 heteroatoms. The molecule has 0 atom stereocenters. The monoisotopic (exact) mass is 587 g/mol. The van der Waals surface area contributed by atoms with E-state index in [1.807, 2.05) is 0 Å². The topological polar surface area (TPSA) is 127 Å². The first kappa shape index (κ1) is 29.1. The number of non-ortho nitro benzene ring substituents is 1. The summed E-state index contributed by atoms with van der Waals surface area (Å²) in [7, 11) is -3.94. The lowest BCUT2D eigenvalue weighted by molar-refractivity contribution is -0.384. The molecule has 2 heterocycles. The minimum Gasteiger partial charge on any atom is -0.323 e. The largest absolute Gasteiger partial charge is 0.323 e. The molecule has 0 aliphatic carbocycles. The van der Waals surface area contributed by atoms with Gasteiger partial charge in [-0.25, -0.2) is 30.4 Å². The van der Waals surface area contributed by atoms with Gasteiger partial charge in [-0.3, -0.25) is 19.6 Å². The average Bonchev–Trinajstić information content (AvgIpc) is 3.20. The van der Waals surface area contributed by atoms with E-state index in [0.29, 0.717) is 0 Å². The maximum Gasteiger partial charge on any atom is 0.269 e. The Bertz CT molecular complexity index is 1570. The number of benzene rings is 2. The number of nitrogens with one attached hydrogen (secondary N) is 1. The fraction of sp³-hybridized carbons (Fsp3) is 0.333. The molecule has 1 saturated heterocycles. The zero-order valence-electron chi connectivity index (χ0n) is 21.1. The van der Waals surface area contributed by atoms with Crippen LogP contribution < -0.4 is 5.32 Å². The van der Waals surface area contributed by atoms with Crippen molar-refractivity contribution in [2.24, 2.45) is 5.92 Å². The Morgan fingerprint density at radius 1 is 1.00 bits per heavy atom. The SMILES string of the molecule is Cc1nn(Cc2c(F)c(F)c(F)c(F)c2F)c(C)c1NC(=O)C1CCN(S(=O)(=O)c2ccc([N+](=O)[O-])cc2)CC1. The van der Waals surface area contributed by atoms with E-state index in [2.05, 4.69) is 10.4 Å². The summed E-state index contributed by atoms with van der Waals surface area (Å²) in [5, 5.41) is 17.5. The molecule has 214 valence electrons. The van der Waals surface area contributed by atoms with Gasteiger partial charge in [0.1, 0.15) is 0 Å². The average molecular weight is 588 g/mol. The van der Waals surface area contributed by atoms with Crippen molar-refractivity contribution >= 4 is 27.3 Å². The second-order valence-electron chi connectivity index (χ2n) is 9.17. The third kappa shape index (κ3) is 5.28. The van der Waals surface area contributed by atoms with E-state index < -0.39 is 68.0 Å². The molecule has 10 nitrogen and oxygen atoms in total. The predicted octanol–water partition coefficient (Wildman–Crippen LogP) is 4.19. The summed E-state index contributed by atoms with van der Waals surface area (Å²) in [5.74, 6) is -11.5. The van der Waals surface area contributed by atoms with E-state index in [-0.39, 0.29) is 53.6 Å². The van der Waals surface area contributed by atoms with E-state index >= 15 is 0 Å². The molecule has 1 amide bonds. The van der Waals surface area contributed by atoms with Crippen molar-refractivity contribution in [1.29, 1.82) is 0 Å². The number of hydrogen-bond acceptors (Lipinski definition) is 6. The molecule has 40 heavy (non-hydrogen) atoms. The zero-order valence-corrected chi connectivity index (χ0v) is 21.9. The Morgan fingerprint density at radius 2 is 1.52 bits per heavy atom. The van der Waals surface area contributed by atoms with Gasteiger partial charge < -0.3 is 5.32 Å². The molecule has 0 saturated carbocycles. The highest BCUT2D eigenvalue weighted by Crippen LogP contribution is 2.29. The molecular weight excluding hydrogens is 565 g/mol. The summed E-state index contributed by atoms with van der Waals surface area (Å²) in [6, 6.07) is 4.46. The van der Waals surface area contributed by atoms with E-state index in [1.54, 1.807) is 0 Å². The van der Waals surface area contributed by atoms with Crippen LogP contribution in [0.15, 0.2) is 29.2 Å². The van der Waals surface area contributed by atoms with E-state index in [9.17, 15) is 45.3 Å². The number of amides is 1. The lowest BCUT2D eigenvalue weighted by atomic mass is 9.97. The van der Waals surface area contributed by atoms with Crippen LogP contribution in [0.2, 0.25) is 0 Å². The van der Waals surface area contributed by atoms with Gasteiger partial charge in [-0.05, 0) is 38.8 Å². The molecule has 1 aliphatic heterocycles. The quantitative estimate of drug-likeness (QED) is 0.145. The molecule has 3 aromatic rings. The Hall–Kier alpha value is -3.92. The number of halogens is 5. The van der Waals surface area contributed by atoms with E-state index in [4.69, 9.17) is 0 Å². The summed E-state index contributed by atoms with van der Waals surface area (Å²) in [5.41, 5.74) is -0.715. The standard InChI is InChI=1S/C24H22F5N5O5S/c1-12-23(13(2)33(31-12)11-17-18(25)20(27)22(29)21(28)19(17)26)30-24(35)14-7-9-32(10-8-14)40(38,39)16-5-3-15(4-6-16)34(36)37/h3-6,14H,7-11H2,1-2H3,(H,30,35). The molecule has 1 fully saturated rings. The second kappa shape index (κ2) is 10.9. The van der Waals surface area contributed by atoms with Crippen LogP contribution in [0.5, 0.6) is 0 Å². The highest BCUT2D eigenvalue weighted by molar-refractivity contribution is 7.89. The molecule has 1 N–H and O–H groups in total. The van der Waals surface area contributed by atoms with Crippen molar-refractivity contribution in [3.05, 3.63) is 80.4 Å². The van der Waals surface area contributed by atoms with Crippen LogP contribution in [0.1, 0.15) is 29.8 Å². The van der Waals surface area contributed by atoms with Gasteiger partial charge in [0.2, 0.25) is 21.7 Å². The third-order valence-electron chi connectivity index (χ3n) is 6.75. The summed E-state index contributed by atoms with van der Waals surface area (Å²) in [6.45, 7) is 2.16.